The van der Waals surface area contributed by atoms with Crippen molar-refractivity contribution >= 4 is 11.6 Å². The van der Waals surface area contributed by atoms with Gasteiger partial charge in [0.1, 0.15) is 17.3 Å². The van der Waals surface area contributed by atoms with Crippen molar-refractivity contribution < 1.29 is 13.9 Å². The highest BCUT2D eigenvalue weighted by Gasteiger charge is 2.10. The van der Waals surface area contributed by atoms with Gasteiger partial charge in [0.25, 0.3) is 0 Å². The zero-order valence-corrected chi connectivity index (χ0v) is 10.7. The molecule has 0 saturated heterocycles. The Kier molecular flexibility index (Phi) is 3.72. The van der Waals surface area contributed by atoms with E-state index in [-0.39, 0.29) is 5.02 Å². The highest BCUT2D eigenvalue weighted by molar-refractivity contribution is 6.33. The van der Waals surface area contributed by atoms with Gasteiger partial charge in [-0.2, -0.15) is 0 Å². The molecule has 0 N–H and O–H groups in total. The molecule has 0 heterocycles. The first kappa shape index (κ1) is 12.7. The lowest BCUT2D eigenvalue weighted by Gasteiger charge is -2.10. The largest absolute Gasteiger partial charge is 0.497 e. The standard InChI is InChI=1S/C14H11ClFO2/c1-17-10-6-9(7-11(8-10)18-2)12-4-3-5-13(16)14(12)15/h3-4,6-8H,1-2H3. The summed E-state index contributed by atoms with van der Waals surface area (Å²) in [6, 6.07) is 10.9. The Morgan fingerprint density at radius 1 is 1.11 bits per heavy atom. The predicted octanol–water partition coefficient (Wildman–Crippen LogP) is 3.96. The van der Waals surface area contributed by atoms with Crippen molar-refractivity contribution in [3.63, 3.8) is 0 Å². The summed E-state index contributed by atoms with van der Waals surface area (Å²) >= 11 is 5.93. The number of benzene rings is 2. The molecule has 4 heteroatoms. The van der Waals surface area contributed by atoms with Gasteiger partial charge in [0.2, 0.25) is 0 Å². The number of ether oxygens (including phenoxy) is 2. The molecule has 2 aromatic rings. The van der Waals surface area contributed by atoms with E-state index in [0.29, 0.717) is 17.1 Å². The number of rotatable bonds is 3. The van der Waals surface area contributed by atoms with Crippen LogP contribution < -0.4 is 9.47 Å². The quantitative estimate of drug-likeness (QED) is 0.836. The summed E-state index contributed by atoms with van der Waals surface area (Å²) < 4.78 is 23.7. The van der Waals surface area contributed by atoms with Crippen molar-refractivity contribution in [1.29, 1.82) is 0 Å². The van der Waals surface area contributed by atoms with Gasteiger partial charge in [-0.1, -0.05) is 23.7 Å². The van der Waals surface area contributed by atoms with E-state index in [1.807, 2.05) is 0 Å². The molecule has 2 nitrogen and oxygen atoms in total. The lowest BCUT2D eigenvalue weighted by Crippen LogP contribution is -1.90. The fraction of sp³-hybridized carbons (Fsp3) is 0.143. The van der Waals surface area contributed by atoms with Gasteiger partial charge >= 0.3 is 0 Å². The third-order valence-electron chi connectivity index (χ3n) is 2.55. The summed E-state index contributed by atoms with van der Waals surface area (Å²) in [6.45, 7) is 0. The van der Waals surface area contributed by atoms with Crippen LogP contribution in [0.2, 0.25) is 5.02 Å². The second-order valence-corrected chi connectivity index (χ2v) is 4.00. The third-order valence-corrected chi connectivity index (χ3v) is 2.92. The summed E-state index contributed by atoms with van der Waals surface area (Å²) in [5.41, 5.74) is 1.30. The van der Waals surface area contributed by atoms with Gasteiger partial charge in [-0.3, -0.25) is 0 Å². The highest BCUT2D eigenvalue weighted by atomic mass is 35.5. The minimum atomic E-state index is -0.573. The predicted molar refractivity (Wildman–Crippen MR) is 68.8 cm³/mol. The maximum absolute atomic E-state index is 13.4. The summed E-state index contributed by atoms with van der Waals surface area (Å²) in [5.74, 6) is 0.665. The van der Waals surface area contributed by atoms with Crippen molar-refractivity contribution in [3.8, 4) is 22.6 Å². The average molecular weight is 266 g/mol. The van der Waals surface area contributed by atoms with Gasteiger partial charge in [-0.05, 0) is 17.7 Å². The molecule has 0 unspecified atom stereocenters. The van der Waals surface area contributed by atoms with Crippen LogP contribution in [0.5, 0.6) is 11.5 Å². The Bertz CT molecular complexity index is 547. The van der Waals surface area contributed by atoms with Crippen LogP contribution >= 0.6 is 11.6 Å². The molecule has 0 fully saturated rings. The molecule has 0 amide bonds. The summed E-state index contributed by atoms with van der Waals surface area (Å²) in [6.07, 6.45) is 0. The first-order valence-electron chi connectivity index (χ1n) is 5.25. The number of methoxy groups -OCH3 is 2. The third kappa shape index (κ3) is 2.41. The lowest BCUT2D eigenvalue weighted by atomic mass is 10.0. The molecular formula is C14H11ClFO2. The van der Waals surface area contributed by atoms with Gasteiger partial charge < -0.3 is 9.47 Å². The number of hydrogen-bond acceptors (Lipinski definition) is 2. The minimum Gasteiger partial charge on any atom is -0.497 e. The summed E-state index contributed by atoms with van der Waals surface area (Å²) in [7, 11) is 3.11. The van der Waals surface area contributed by atoms with Crippen molar-refractivity contribution in [2.24, 2.45) is 0 Å². The minimum absolute atomic E-state index is 0.0350. The molecule has 0 aromatic heterocycles. The van der Waals surface area contributed by atoms with Crippen LogP contribution in [0.3, 0.4) is 0 Å². The second kappa shape index (κ2) is 5.27. The van der Waals surface area contributed by atoms with E-state index in [1.165, 1.54) is 6.07 Å². The van der Waals surface area contributed by atoms with Crippen LogP contribution in [0.4, 0.5) is 4.39 Å². The smallest absolute Gasteiger partial charge is 0.150 e. The molecular weight excluding hydrogens is 255 g/mol. The first-order valence-corrected chi connectivity index (χ1v) is 5.62. The van der Waals surface area contributed by atoms with E-state index in [9.17, 15) is 4.39 Å². The summed E-state index contributed by atoms with van der Waals surface area (Å²) in [4.78, 5) is 0. The monoisotopic (exact) mass is 265 g/mol. The zero-order valence-electron chi connectivity index (χ0n) is 9.96. The molecule has 0 atom stereocenters. The number of halogens is 2. The van der Waals surface area contributed by atoms with Crippen LogP contribution in [0.1, 0.15) is 0 Å². The van der Waals surface area contributed by atoms with Crippen LogP contribution in [-0.4, -0.2) is 14.2 Å². The van der Waals surface area contributed by atoms with Gasteiger partial charge in [0.15, 0.2) is 0 Å². The molecule has 0 aliphatic carbocycles. The Labute approximate surface area is 110 Å². The molecule has 0 bridgehead atoms. The Balaban J connectivity index is 2.59. The van der Waals surface area contributed by atoms with Crippen LogP contribution in [0, 0.1) is 11.9 Å². The molecule has 0 spiro atoms. The van der Waals surface area contributed by atoms with Crippen LogP contribution in [-0.2, 0) is 0 Å². The van der Waals surface area contributed by atoms with Crippen molar-refractivity contribution in [2.45, 2.75) is 0 Å². The van der Waals surface area contributed by atoms with Gasteiger partial charge in [-0.15, -0.1) is 0 Å². The Hall–Kier alpha value is -1.74. The van der Waals surface area contributed by atoms with Crippen LogP contribution in [0.25, 0.3) is 11.1 Å². The molecule has 18 heavy (non-hydrogen) atoms. The topological polar surface area (TPSA) is 18.5 Å². The van der Waals surface area contributed by atoms with Crippen molar-refractivity contribution in [3.05, 3.63) is 47.2 Å². The summed E-state index contributed by atoms with van der Waals surface area (Å²) in [5, 5.41) is 0.0350. The Morgan fingerprint density at radius 2 is 1.72 bits per heavy atom. The van der Waals surface area contributed by atoms with E-state index in [2.05, 4.69) is 6.07 Å². The van der Waals surface area contributed by atoms with E-state index >= 15 is 0 Å². The van der Waals surface area contributed by atoms with E-state index < -0.39 is 5.82 Å². The molecule has 2 aromatic carbocycles. The second-order valence-electron chi connectivity index (χ2n) is 3.62. The van der Waals surface area contributed by atoms with Gasteiger partial charge in [0, 0.05) is 17.7 Å². The molecule has 0 saturated carbocycles. The van der Waals surface area contributed by atoms with E-state index in [4.69, 9.17) is 21.1 Å². The molecule has 0 aliphatic heterocycles. The molecule has 93 valence electrons. The number of hydrogen-bond donors (Lipinski definition) is 0. The van der Waals surface area contributed by atoms with Crippen molar-refractivity contribution in [2.75, 3.05) is 14.2 Å². The first-order chi connectivity index (χ1) is 8.65. The van der Waals surface area contributed by atoms with Crippen LogP contribution in [0.15, 0.2) is 30.3 Å². The van der Waals surface area contributed by atoms with Crippen molar-refractivity contribution in [1.82, 2.24) is 0 Å². The lowest BCUT2D eigenvalue weighted by molar-refractivity contribution is 0.394. The maximum atomic E-state index is 13.4. The zero-order chi connectivity index (χ0) is 13.1. The highest BCUT2D eigenvalue weighted by Crippen LogP contribution is 2.34. The molecule has 0 aliphatic rings. The molecule has 1 radical (unpaired) electrons. The fourth-order valence-electron chi connectivity index (χ4n) is 1.64. The van der Waals surface area contributed by atoms with E-state index in [0.717, 1.165) is 5.56 Å². The Morgan fingerprint density at radius 3 is 2.28 bits per heavy atom. The maximum Gasteiger partial charge on any atom is 0.150 e. The van der Waals surface area contributed by atoms with E-state index in [1.54, 1.807) is 38.5 Å². The SMILES string of the molecule is COc1cc(OC)cc(-c2cc[c]c(F)c2Cl)c1. The van der Waals surface area contributed by atoms with Gasteiger partial charge in [-0.25, -0.2) is 4.39 Å². The molecule has 2 rings (SSSR count). The fourth-order valence-corrected chi connectivity index (χ4v) is 1.87. The average Bonchev–Trinajstić information content (AvgIpc) is 2.41. The van der Waals surface area contributed by atoms with Gasteiger partial charge in [0.05, 0.1) is 19.2 Å². The normalized spacial score (nSPS) is 10.2.